The highest BCUT2D eigenvalue weighted by Crippen LogP contribution is 2.24. The van der Waals surface area contributed by atoms with Crippen LogP contribution in [0.15, 0.2) is 12.3 Å². The van der Waals surface area contributed by atoms with E-state index in [0.717, 1.165) is 50.4 Å². The normalized spacial score (nSPS) is 20.7. The standard InChI is InChI=1S/C14H23N5/c1-2-4-12(3-1)11-17-14-16-6-5-13(18-14)19-9-7-15-8-10-19/h5-6,12,15H,1-4,7-11H2,(H,16,17,18). The van der Waals surface area contributed by atoms with Gasteiger partial charge < -0.3 is 15.5 Å². The van der Waals surface area contributed by atoms with E-state index < -0.39 is 0 Å². The molecule has 2 aliphatic rings. The van der Waals surface area contributed by atoms with Crippen molar-refractivity contribution in [2.75, 3.05) is 42.9 Å². The number of hydrogen-bond donors (Lipinski definition) is 2. The summed E-state index contributed by atoms with van der Waals surface area (Å²) in [5.41, 5.74) is 0. The molecular formula is C14H23N5. The third kappa shape index (κ3) is 3.35. The van der Waals surface area contributed by atoms with Gasteiger partial charge in [-0.1, -0.05) is 12.8 Å². The molecule has 1 aromatic rings. The molecule has 19 heavy (non-hydrogen) atoms. The van der Waals surface area contributed by atoms with Gasteiger partial charge in [0.2, 0.25) is 5.95 Å². The third-order valence-corrected chi connectivity index (χ3v) is 4.11. The van der Waals surface area contributed by atoms with Gasteiger partial charge in [-0.2, -0.15) is 4.98 Å². The summed E-state index contributed by atoms with van der Waals surface area (Å²) in [5.74, 6) is 2.64. The molecule has 0 radical (unpaired) electrons. The second kappa shape index (κ2) is 6.19. The monoisotopic (exact) mass is 261 g/mol. The molecule has 0 amide bonds. The summed E-state index contributed by atoms with van der Waals surface area (Å²) in [7, 11) is 0. The maximum absolute atomic E-state index is 4.63. The van der Waals surface area contributed by atoms with Crippen molar-refractivity contribution < 1.29 is 0 Å². The average molecular weight is 261 g/mol. The first-order chi connectivity index (χ1) is 9.42. The van der Waals surface area contributed by atoms with Gasteiger partial charge in [0, 0.05) is 38.9 Å². The Kier molecular flexibility index (Phi) is 4.13. The lowest BCUT2D eigenvalue weighted by Gasteiger charge is -2.28. The Morgan fingerprint density at radius 2 is 2.05 bits per heavy atom. The van der Waals surface area contributed by atoms with Gasteiger partial charge in [0.25, 0.3) is 0 Å². The Labute approximate surface area is 114 Å². The van der Waals surface area contributed by atoms with Crippen molar-refractivity contribution in [2.45, 2.75) is 25.7 Å². The Morgan fingerprint density at radius 1 is 1.26 bits per heavy atom. The third-order valence-electron chi connectivity index (χ3n) is 4.11. The molecule has 1 aliphatic heterocycles. The molecule has 2 fully saturated rings. The van der Waals surface area contributed by atoms with E-state index in [2.05, 4.69) is 25.5 Å². The number of anilines is 2. The predicted molar refractivity (Wildman–Crippen MR) is 77.6 cm³/mol. The Bertz CT molecular complexity index is 397. The molecule has 3 rings (SSSR count). The van der Waals surface area contributed by atoms with Crippen LogP contribution in [-0.4, -0.2) is 42.7 Å². The molecule has 0 aromatic carbocycles. The van der Waals surface area contributed by atoms with Crippen LogP contribution >= 0.6 is 0 Å². The molecule has 2 heterocycles. The van der Waals surface area contributed by atoms with E-state index in [1.54, 1.807) is 0 Å². The van der Waals surface area contributed by atoms with Gasteiger partial charge in [-0.15, -0.1) is 0 Å². The quantitative estimate of drug-likeness (QED) is 0.860. The van der Waals surface area contributed by atoms with Crippen molar-refractivity contribution in [3.8, 4) is 0 Å². The summed E-state index contributed by atoms with van der Waals surface area (Å²) in [4.78, 5) is 11.3. The second-order valence-electron chi connectivity index (χ2n) is 5.51. The molecule has 1 saturated heterocycles. The van der Waals surface area contributed by atoms with E-state index >= 15 is 0 Å². The lowest BCUT2D eigenvalue weighted by atomic mass is 10.1. The maximum atomic E-state index is 4.63. The fourth-order valence-corrected chi connectivity index (χ4v) is 2.95. The van der Waals surface area contributed by atoms with E-state index in [9.17, 15) is 0 Å². The Morgan fingerprint density at radius 3 is 2.84 bits per heavy atom. The fraction of sp³-hybridized carbons (Fsp3) is 0.714. The van der Waals surface area contributed by atoms with Crippen LogP contribution in [0.4, 0.5) is 11.8 Å². The van der Waals surface area contributed by atoms with Gasteiger partial charge in [-0.25, -0.2) is 4.98 Å². The van der Waals surface area contributed by atoms with Crippen LogP contribution in [0.25, 0.3) is 0 Å². The zero-order valence-electron chi connectivity index (χ0n) is 11.4. The first kappa shape index (κ1) is 12.7. The summed E-state index contributed by atoms with van der Waals surface area (Å²) in [6, 6.07) is 2.01. The number of nitrogens with one attached hydrogen (secondary N) is 2. The highest BCUT2D eigenvalue weighted by Gasteiger charge is 2.16. The van der Waals surface area contributed by atoms with E-state index in [1.165, 1.54) is 25.7 Å². The molecule has 5 nitrogen and oxygen atoms in total. The number of nitrogens with zero attached hydrogens (tertiary/aromatic N) is 3. The van der Waals surface area contributed by atoms with Crippen LogP contribution in [0.1, 0.15) is 25.7 Å². The van der Waals surface area contributed by atoms with Crippen molar-refractivity contribution in [1.29, 1.82) is 0 Å². The fourth-order valence-electron chi connectivity index (χ4n) is 2.95. The molecule has 2 N–H and O–H groups in total. The Balaban J connectivity index is 1.58. The van der Waals surface area contributed by atoms with E-state index in [1.807, 2.05) is 12.3 Å². The summed E-state index contributed by atoms with van der Waals surface area (Å²) >= 11 is 0. The minimum absolute atomic E-state index is 0.780. The van der Waals surface area contributed by atoms with Crippen molar-refractivity contribution in [3.63, 3.8) is 0 Å². The van der Waals surface area contributed by atoms with Crippen LogP contribution in [0.2, 0.25) is 0 Å². The number of hydrogen-bond acceptors (Lipinski definition) is 5. The molecule has 1 aromatic heterocycles. The van der Waals surface area contributed by atoms with Gasteiger partial charge in [-0.3, -0.25) is 0 Å². The minimum atomic E-state index is 0.780. The van der Waals surface area contributed by atoms with Crippen molar-refractivity contribution in [1.82, 2.24) is 15.3 Å². The van der Waals surface area contributed by atoms with Crippen molar-refractivity contribution in [2.24, 2.45) is 5.92 Å². The first-order valence-corrected chi connectivity index (χ1v) is 7.44. The van der Waals surface area contributed by atoms with Gasteiger partial charge in [0.1, 0.15) is 5.82 Å². The highest BCUT2D eigenvalue weighted by molar-refractivity contribution is 5.42. The minimum Gasteiger partial charge on any atom is -0.354 e. The molecule has 0 atom stereocenters. The maximum Gasteiger partial charge on any atom is 0.224 e. The zero-order chi connectivity index (χ0) is 12.9. The number of rotatable bonds is 4. The topological polar surface area (TPSA) is 53.1 Å². The smallest absolute Gasteiger partial charge is 0.224 e. The zero-order valence-corrected chi connectivity index (χ0v) is 11.4. The number of piperazine rings is 1. The van der Waals surface area contributed by atoms with Crippen LogP contribution < -0.4 is 15.5 Å². The predicted octanol–water partition coefficient (Wildman–Crippen LogP) is 1.49. The van der Waals surface area contributed by atoms with Crippen molar-refractivity contribution in [3.05, 3.63) is 12.3 Å². The van der Waals surface area contributed by atoms with Gasteiger partial charge >= 0.3 is 0 Å². The molecule has 0 unspecified atom stereocenters. The summed E-state index contributed by atoms with van der Waals surface area (Å²) in [5, 5.41) is 6.76. The second-order valence-corrected chi connectivity index (χ2v) is 5.51. The van der Waals surface area contributed by atoms with Crippen LogP contribution in [-0.2, 0) is 0 Å². The molecule has 1 saturated carbocycles. The van der Waals surface area contributed by atoms with E-state index in [-0.39, 0.29) is 0 Å². The largest absolute Gasteiger partial charge is 0.354 e. The molecule has 104 valence electrons. The average Bonchev–Trinajstić information content (AvgIpc) is 3.00. The van der Waals surface area contributed by atoms with Gasteiger partial charge in [0.15, 0.2) is 0 Å². The van der Waals surface area contributed by atoms with Crippen LogP contribution in [0.3, 0.4) is 0 Å². The SMILES string of the molecule is c1cc(N2CCNCC2)nc(NCC2CCCC2)n1. The van der Waals surface area contributed by atoms with Gasteiger partial charge in [-0.05, 0) is 24.8 Å². The molecular weight excluding hydrogens is 238 g/mol. The summed E-state index contributed by atoms with van der Waals surface area (Å²) in [6.07, 6.45) is 7.33. The number of aromatic nitrogens is 2. The van der Waals surface area contributed by atoms with Gasteiger partial charge in [0.05, 0.1) is 0 Å². The summed E-state index contributed by atoms with van der Waals surface area (Å²) < 4.78 is 0. The molecule has 0 spiro atoms. The Hall–Kier alpha value is -1.36. The highest BCUT2D eigenvalue weighted by atomic mass is 15.3. The van der Waals surface area contributed by atoms with Crippen LogP contribution in [0.5, 0.6) is 0 Å². The van der Waals surface area contributed by atoms with E-state index in [4.69, 9.17) is 0 Å². The lowest BCUT2D eigenvalue weighted by Crippen LogP contribution is -2.43. The summed E-state index contributed by atoms with van der Waals surface area (Å²) in [6.45, 7) is 5.15. The van der Waals surface area contributed by atoms with E-state index in [0.29, 0.717) is 0 Å². The van der Waals surface area contributed by atoms with Crippen LogP contribution in [0, 0.1) is 5.92 Å². The lowest BCUT2D eigenvalue weighted by molar-refractivity contribution is 0.575. The molecule has 5 heteroatoms. The molecule has 0 bridgehead atoms. The van der Waals surface area contributed by atoms with Crippen molar-refractivity contribution >= 4 is 11.8 Å². The first-order valence-electron chi connectivity index (χ1n) is 7.44. The molecule has 1 aliphatic carbocycles.